The second-order valence-corrected chi connectivity index (χ2v) is 1.79. The van der Waals surface area contributed by atoms with Crippen LogP contribution in [0.5, 0.6) is 0 Å². The summed E-state index contributed by atoms with van der Waals surface area (Å²) in [4.78, 5) is 9.46. The molecule has 44 valence electrons. The van der Waals surface area contributed by atoms with E-state index >= 15 is 0 Å². The van der Waals surface area contributed by atoms with Crippen LogP contribution in [-0.2, 0) is 15.9 Å². The van der Waals surface area contributed by atoms with Crippen LogP contribution < -0.4 is 29.6 Å². The van der Waals surface area contributed by atoms with E-state index in [0.29, 0.717) is 0 Å². The molecular formula is C2H5NaO4S. The Morgan fingerprint density at radius 3 is 2.12 bits per heavy atom. The van der Waals surface area contributed by atoms with Gasteiger partial charge in [-0.3, -0.25) is 4.79 Å². The van der Waals surface area contributed by atoms with Crippen molar-refractivity contribution >= 4 is 17.0 Å². The summed E-state index contributed by atoms with van der Waals surface area (Å²) < 4.78 is 17.4. The van der Waals surface area contributed by atoms with Crippen LogP contribution >= 0.6 is 0 Å². The summed E-state index contributed by atoms with van der Waals surface area (Å²) in [6, 6.07) is 0. The largest absolute Gasteiger partial charge is 1.00 e. The van der Waals surface area contributed by atoms with Crippen LogP contribution in [0.3, 0.4) is 0 Å². The monoisotopic (exact) mass is 148 g/mol. The molecular weight excluding hydrogens is 143 g/mol. The third-order valence-corrected chi connectivity index (χ3v) is 0.741. The zero-order valence-electron chi connectivity index (χ0n) is 5.33. The molecule has 0 radical (unpaired) electrons. The Labute approximate surface area is 72.3 Å². The van der Waals surface area contributed by atoms with E-state index in [-0.39, 0.29) is 31.0 Å². The average molecular weight is 148 g/mol. The van der Waals surface area contributed by atoms with Crippen molar-refractivity contribution in [2.75, 3.05) is 5.75 Å². The van der Waals surface area contributed by atoms with E-state index in [9.17, 15) is 9.00 Å². The van der Waals surface area contributed by atoms with E-state index in [4.69, 9.17) is 9.66 Å². The molecule has 0 saturated heterocycles. The molecule has 6 heteroatoms. The number of hydrogen-bond donors (Lipinski definition) is 2. The maximum atomic E-state index is 9.54. The smallest absolute Gasteiger partial charge is 1.00 e. The first-order valence-electron chi connectivity index (χ1n) is 1.42. The molecule has 0 aromatic heterocycles. The van der Waals surface area contributed by atoms with Crippen LogP contribution in [0, 0.1) is 0 Å². The van der Waals surface area contributed by atoms with Gasteiger partial charge in [-0.05, 0) is 0 Å². The van der Waals surface area contributed by atoms with Crippen molar-refractivity contribution in [3.8, 4) is 0 Å². The molecule has 0 spiro atoms. The third kappa shape index (κ3) is 9.77. The van der Waals surface area contributed by atoms with Crippen molar-refractivity contribution < 1.29 is 49.6 Å². The van der Waals surface area contributed by atoms with E-state index in [1.54, 1.807) is 0 Å². The number of hydrogen-bond acceptors (Lipinski definition) is 2. The first-order valence-corrected chi connectivity index (χ1v) is 2.70. The van der Waals surface area contributed by atoms with Gasteiger partial charge >= 0.3 is 35.5 Å². The fraction of sp³-hybridized carbons (Fsp3) is 0.500. The molecule has 0 aliphatic carbocycles. The van der Waals surface area contributed by atoms with E-state index in [0.717, 1.165) is 0 Å². The van der Waals surface area contributed by atoms with Crippen molar-refractivity contribution in [2.45, 2.75) is 0 Å². The Morgan fingerprint density at radius 2 is 2.12 bits per heavy atom. The zero-order valence-corrected chi connectivity index (χ0v) is 7.14. The zero-order chi connectivity index (χ0) is 5.86. The molecule has 0 aliphatic heterocycles. The quantitative estimate of drug-likeness (QED) is 0.313. The molecule has 0 heterocycles. The van der Waals surface area contributed by atoms with Crippen molar-refractivity contribution in [3.63, 3.8) is 0 Å². The van der Waals surface area contributed by atoms with Gasteiger partial charge < -0.3 is 11.1 Å². The Balaban J connectivity index is -0.000000180. The van der Waals surface area contributed by atoms with Crippen LogP contribution in [-0.4, -0.2) is 25.6 Å². The van der Waals surface area contributed by atoms with Gasteiger partial charge in [0.1, 0.15) is 5.75 Å². The molecule has 0 aromatic carbocycles. The van der Waals surface area contributed by atoms with Gasteiger partial charge in [0.2, 0.25) is 0 Å². The minimum Gasteiger partial charge on any atom is -1.00 e. The van der Waals surface area contributed by atoms with Gasteiger partial charge in [0.15, 0.2) is 11.1 Å². The maximum absolute atomic E-state index is 9.54. The fourth-order valence-electron chi connectivity index (χ4n) is 0.106. The van der Waals surface area contributed by atoms with Gasteiger partial charge in [-0.25, -0.2) is 4.21 Å². The van der Waals surface area contributed by atoms with Crippen LogP contribution in [0.4, 0.5) is 0 Å². The van der Waals surface area contributed by atoms with Crippen LogP contribution in [0.2, 0.25) is 0 Å². The van der Waals surface area contributed by atoms with Crippen molar-refractivity contribution in [1.82, 2.24) is 0 Å². The van der Waals surface area contributed by atoms with Gasteiger partial charge in [0, 0.05) is 0 Å². The summed E-state index contributed by atoms with van der Waals surface area (Å²) in [5.74, 6) is -1.96. The van der Waals surface area contributed by atoms with Gasteiger partial charge in [-0.2, -0.15) is 0 Å². The van der Waals surface area contributed by atoms with Crippen molar-refractivity contribution in [3.05, 3.63) is 0 Å². The summed E-state index contributed by atoms with van der Waals surface area (Å²) in [5, 5.41) is 7.73. The average Bonchev–Trinajstić information content (AvgIpc) is 1.27. The van der Waals surface area contributed by atoms with E-state index in [2.05, 4.69) is 0 Å². The van der Waals surface area contributed by atoms with E-state index in [1.807, 2.05) is 0 Å². The summed E-state index contributed by atoms with van der Waals surface area (Å²) >= 11 is -2.20. The van der Waals surface area contributed by atoms with E-state index < -0.39 is 22.8 Å². The number of carboxylic acids is 1. The van der Waals surface area contributed by atoms with Crippen LogP contribution in [0.15, 0.2) is 0 Å². The SMILES string of the molecule is O=C(O)CS(=O)O.[H-].[Na+]. The molecule has 0 aliphatic rings. The van der Waals surface area contributed by atoms with Crippen LogP contribution in [0.1, 0.15) is 1.43 Å². The molecule has 2 N–H and O–H groups in total. The number of rotatable bonds is 2. The first kappa shape index (κ1) is 11.4. The molecule has 1 atom stereocenters. The molecule has 4 nitrogen and oxygen atoms in total. The van der Waals surface area contributed by atoms with Gasteiger partial charge in [0.25, 0.3) is 0 Å². The molecule has 0 bridgehead atoms. The van der Waals surface area contributed by atoms with Crippen molar-refractivity contribution in [2.24, 2.45) is 0 Å². The number of carbonyl (C=O) groups is 1. The van der Waals surface area contributed by atoms with Gasteiger partial charge in [-0.15, -0.1) is 0 Å². The fourth-order valence-corrected chi connectivity index (χ4v) is 0.317. The molecule has 0 rings (SSSR count). The third-order valence-electron chi connectivity index (χ3n) is 0.247. The minimum absolute atomic E-state index is 0. The Kier molecular flexibility index (Phi) is 8.13. The van der Waals surface area contributed by atoms with E-state index in [1.165, 1.54) is 0 Å². The second kappa shape index (κ2) is 5.71. The van der Waals surface area contributed by atoms with Gasteiger partial charge in [-0.1, -0.05) is 0 Å². The van der Waals surface area contributed by atoms with Gasteiger partial charge in [0.05, 0.1) is 0 Å². The molecule has 0 fully saturated rings. The molecule has 8 heavy (non-hydrogen) atoms. The first-order chi connectivity index (χ1) is 3.13. The number of carboxylic acid groups (broad SMARTS) is 1. The second-order valence-electron chi connectivity index (χ2n) is 0.860. The standard InChI is InChI=1S/C2H4O4S.Na.H/c3-2(4)1-7(5)6;;/h1H2,(H,3,4)(H,5,6);;/q;+1;-1. The normalized spacial score (nSPS) is 11.6. The molecule has 0 amide bonds. The predicted octanol–water partition coefficient (Wildman–Crippen LogP) is -3.59. The maximum Gasteiger partial charge on any atom is 1.00 e. The molecule has 1 unspecified atom stereocenters. The number of aliphatic carboxylic acids is 1. The Bertz CT molecular complexity index is 94.7. The topological polar surface area (TPSA) is 74.6 Å². The van der Waals surface area contributed by atoms with Crippen LogP contribution in [0.25, 0.3) is 0 Å². The summed E-state index contributed by atoms with van der Waals surface area (Å²) in [5.41, 5.74) is 0. The summed E-state index contributed by atoms with van der Waals surface area (Å²) in [6.07, 6.45) is 0. The minimum atomic E-state index is -2.20. The summed E-state index contributed by atoms with van der Waals surface area (Å²) in [6.45, 7) is 0. The molecule has 0 saturated carbocycles. The predicted molar refractivity (Wildman–Crippen MR) is 24.4 cm³/mol. The Morgan fingerprint density at radius 1 is 1.75 bits per heavy atom. The van der Waals surface area contributed by atoms with Crippen molar-refractivity contribution in [1.29, 1.82) is 0 Å². The summed E-state index contributed by atoms with van der Waals surface area (Å²) in [7, 11) is 0. The molecule has 0 aromatic rings. The Hall–Kier alpha value is 0.580.